The lowest BCUT2D eigenvalue weighted by Crippen LogP contribution is -2.41. The molecule has 12 heteroatoms. The van der Waals surface area contributed by atoms with E-state index in [1.54, 1.807) is 12.1 Å². The highest BCUT2D eigenvalue weighted by Crippen LogP contribution is 2.35. The van der Waals surface area contributed by atoms with Gasteiger partial charge in [-0.3, -0.25) is 9.69 Å². The molecule has 0 bridgehead atoms. The van der Waals surface area contributed by atoms with Gasteiger partial charge in [0, 0.05) is 50.8 Å². The van der Waals surface area contributed by atoms with Gasteiger partial charge in [-0.25, -0.2) is 13.2 Å². The second-order valence-corrected chi connectivity index (χ2v) is 11.3. The Kier molecular flexibility index (Phi) is 9.11. The van der Waals surface area contributed by atoms with Gasteiger partial charge in [0.05, 0.1) is 18.1 Å². The average Bonchev–Trinajstić information content (AvgIpc) is 2.86. The summed E-state index contributed by atoms with van der Waals surface area (Å²) >= 11 is 0. The molecule has 192 valence electrons. The first kappa shape index (κ1) is 28.1. The summed E-state index contributed by atoms with van der Waals surface area (Å²) in [7, 11) is -3.18. The number of carboxylic acids is 1. The summed E-state index contributed by atoms with van der Waals surface area (Å²) in [6.07, 6.45) is -3.32. The van der Waals surface area contributed by atoms with Crippen molar-refractivity contribution in [2.45, 2.75) is 37.9 Å². The number of benzene rings is 1. The van der Waals surface area contributed by atoms with Crippen molar-refractivity contribution in [3.8, 4) is 0 Å². The molecule has 0 aliphatic carbocycles. The zero-order valence-corrected chi connectivity index (χ0v) is 20.3. The minimum atomic E-state index is -5.08. The molecule has 1 spiro atoms. The van der Waals surface area contributed by atoms with Crippen molar-refractivity contribution in [3.05, 3.63) is 29.8 Å². The number of hydrogen-bond acceptors (Lipinski definition) is 6. The smallest absolute Gasteiger partial charge is 0.475 e. The number of carboxylic acid groups (broad SMARTS) is 1. The quantitative estimate of drug-likeness (QED) is 0.652. The van der Waals surface area contributed by atoms with Crippen molar-refractivity contribution in [2.75, 3.05) is 45.6 Å². The number of amides is 1. The standard InChI is InChI=1S/C20H30N2O4S.C2HF3O2/c1-16(2)11-22-14-20(10-19(22)23)13-21(8-9-26-15-20)12-17-4-6-18(7-5-17)27(3,24)25;3-2(4,5)1(6)7/h4-7,16H,8-15H2,1-3H3;(H,6,7). The Morgan fingerprint density at radius 1 is 1.21 bits per heavy atom. The van der Waals surface area contributed by atoms with Gasteiger partial charge in [-0.05, 0) is 23.6 Å². The Morgan fingerprint density at radius 3 is 2.29 bits per heavy atom. The van der Waals surface area contributed by atoms with Crippen molar-refractivity contribution in [2.24, 2.45) is 11.3 Å². The van der Waals surface area contributed by atoms with Gasteiger partial charge < -0.3 is 14.7 Å². The van der Waals surface area contributed by atoms with Crippen LogP contribution in [0.2, 0.25) is 0 Å². The lowest BCUT2D eigenvalue weighted by Gasteiger charge is -2.31. The number of carbonyl (C=O) groups is 2. The van der Waals surface area contributed by atoms with Crippen LogP contribution in [-0.4, -0.2) is 87.0 Å². The molecule has 1 aromatic carbocycles. The molecule has 8 nitrogen and oxygen atoms in total. The van der Waals surface area contributed by atoms with E-state index in [4.69, 9.17) is 14.6 Å². The third-order valence-electron chi connectivity index (χ3n) is 5.51. The number of alkyl halides is 3. The van der Waals surface area contributed by atoms with E-state index in [-0.39, 0.29) is 11.3 Å². The molecule has 2 fully saturated rings. The lowest BCUT2D eigenvalue weighted by atomic mass is 9.87. The van der Waals surface area contributed by atoms with Crippen molar-refractivity contribution in [1.29, 1.82) is 0 Å². The molecule has 1 unspecified atom stereocenters. The van der Waals surface area contributed by atoms with Crippen LogP contribution in [0.3, 0.4) is 0 Å². The molecule has 2 heterocycles. The monoisotopic (exact) mass is 508 g/mol. The molecule has 1 N–H and O–H groups in total. The van der Waals surface area contributed by atoms with Gasteiger partial charge >= 0.3 is 12.1 Å². The summed E-state index contributed by atoms with van der Waals surface area (Å²) < 4.78 is 60.8. The Morgan fingerprint density at radius 2 is 1.79 bits per heavy atom. The third kappa shape index (κ3) is 8.24. The van der Waals surface area contributed by atoms with Crippen LogP contribution in [0.25, 0.3) is 0 Å². The van der Waals surface area contributed by atoms with Crippen LogP contribution in [0.1, 0.15) is 25.8 Å². The molecule has 0 radical (unpaired) electrons. The van der Waals surface area contributed by atoms with Crippen LogP contribution in [0.5, 0.6) is 0 Å². The van der Waals surface area contributed by atoms with Crippen LogP contribution in [-0.2, 0) is 30.7 Å². The van der Waals surface area contributed by atoms with Crippen molar-refractivity contribution in [1.82, 2.24) is 9.80 Å². The molecule has 2 aliphatic rings. The largest absolute Gasteiger partial charge is 0.490 e. The van der Waals surface area contributed by atoms with Gasteiger partial charge in [-0.15, -0.1) is 0 Å². The second-order valence-electron chi connectivity index (χ2n) is 9.33. The number of sulfone groups is 1. The molecule has 2 aliphatic heterocycles. The van der Waals surface area contributed by atoms with Crippen molar-refractivity contribution >= 4 is 21.7 Å². The van der Waals surface area contributed by atoms with Gasteiger partial charge in [-0.2, -0.15) is 13.2 Å². The summed E-state index contributed by atoms with van der Waals surface area (Å²) in [5, 5.41) is 7.12. The number of hydrogen-bond donors (Lipinski definition) is 1. The molecule has 1 amide bonds. The van der Waals surface area contributed by atoms with Gasteiger partial charge in [0.1, 0.15) is 0 Å². The third-order valence-corrected chi connectivity index (χ3v) is 6.64. The second kappa shape index (κ2) is 11.0. The average molecular weight is 509 g/mol. The Balaban J connectivity index is 0.000000509. The maximum absolute atomic E-state index is 12.5. The molecule has 2 saturated heterocycles. The highest BCUT2D eigenvalue weighted by molar-refractivity contribution is 7.90. The molecular weight excluding hydrogens is 477 g/mol. The fourth-order valence-corrected chi connectivity index (χ4v) is 4.74. The molecule has 0 aromatic heterocycles. The van der Waals surface area contributed by atoms with E-state index in [9.17, 15) is 26.4 Å². The first-order valence-electron chi connectivity index (χ1n) is 10.8. The normalized spacial score (nSPS) is 22.0. The Labute approximate surface area is 197 Å². The lowest BCUT2D eigenvalue weighted by molar-refractivity contribution is -0.192. The van der Waals surface area contributed by atoms with Crippen molar-refractivity contribution < 1.29 is 41.0 Å². The van der Waals surface area contributed by atoms with Crippen LogP contribution < -0.4 is 0 Å². The molecule has 0 saturated carbocycles. The van der Waals surface area contributed by atoms with Gasteiger partial charge in [0.2, 0.25) is 5.91 Å². The molecule has 3 rings (SSSR count). The fraction of sp³-hybridized carbons (Fsp3) is 0.636. The molecule has 1 aromatic rings. The zero-order valence-electron chi connectivity index (χ0n) is 19.5. The highest BCUT2D eigenvalue weighted by atomic mass is 32.2. The van der Waals surface area contributed by atoms with E-state index < -0.39 is 22.0 Å². The highest BCUT2D eigenvalue weighted by Gasteiger charge is 2.45. The summed E-state index contributed by atoms with van der Waals surface area (Å²) in [5.41, 5.74) is 0.928. The van der Waals surface area contributed by atoms with E-state index in [0.29, 0.717) is 30.4 Å². The molecule has 1 atom stereocenters. The minimum absolute atomic E-state index is 0.144. The number of carbonyl (C=O) groups excluding carboxylic acids is 1. The van der Waals surface area contributed by atoms with Crippen LogP contribution in [0, 0.1) is 11.3 Å². The topological polar surface area (TPSA) is 104 Å². The summed E-state index contributed by atoms with van der Waals surface area (Å²) in [6, 6.07) is 7.08. The first-order valence-corrected chi connectivity index (χ1v) is 12.7. The zero-order chi connectivity index (χ0) is 25.7. The van der Waals surface area contributed by atoms with E-state index in [1.165, 1.54) is 6.26 Å². The van der Waals surface area contributed by atoms with Crippen LogP contribution in [0.4, 0.5) is 13.2 Å². The molecular formula is C22H31F3N2O6S. The van der Waals surface area contributed by atoms with Gasteiger partial charge in [0.15, 0.2) is 9.84 Å². The van der Waals surface area contributed by atoms with Gasteiger partial charge in [0.25, 0.3) is 0 Å². The summed E-state index contributed by atoms with van der Waals surface area (Å²) in [5.74, 6) is -2.07. The number of nitrogens with zero attached hydrogens (tertiary/aromatic N) is 2. The van der Waals surface area contributed by atoms with E-state index in [2.05, 4.69) is 18.7 Å². The van der Waals surface area contributed by atoms with Crippen LogP contribution in [0.15, 0.2) is 29.2 Å². The van der Waals surface area contributed by atoms with E-state index in [0.717, 1.165) is 38.3 Å². The summed E-state index contributed by atoms with van der Waals surface area (Å²) in [4.78, 5) is 26.0. The maximum atomic E-state index is 12.5. The number of ether oxygens (including phenoxy) is 1. The SMILES string of the molecule is CC(C)CN1CC2(COCCN(Cc3ccc(S(C)(=O)=O)cc3)C2)CC1=O.O=C(O)C(F)(F)F. The number of halogens is 3. The number of rotatable bonds is 5. The number of aliphatic carboxylic acids is 1. The van der Waals surface area contributed by atoms with E-state index in [1.807, 2.05) is 17.0 Å². The predicted molar refractivity (Wildman–Crippen MR) is 118 cm³/mol. The van der Waals surface area contributed by atoms with E-state index >= 15 is 0 Å². The minimum Gasteiger partial charge on any atom is -0.475 e. The van der Waals surface area contributed by atoms with Crippen LogP contribution >= 0.6 is 0 Å². The number of likely N-dealkylation sites (tertiary alicyclic amines) is 1. The van der Waals surface area contributed by atoms with Gasteiger partial charge in [-0.1, -0.05) is 26.0 Å². The Hall–Kier alpha value is -2.18. The molecule has 34 heavy (non-hydrogen) atoms. The summed E-state index contributed by atoms with van der Waals surface area (Å²) in [6.45, 7) is 9.46. The first-order chi connectivity index (χ1) is 15.6. The maximum Gasteiger partial charge on any atom is 0.490 e. The Bertz CT molecular complexity index is 966. The predicted octanol–water partition coefficient (Wildman–Crippen LogP) is 2.43. The fourth-order valence-electron chi connectivity index (χ4n) is 4.11. The van der Waals surface area contributed by atoms with Crippen molar-refractivity contribution in [3.63, 3.8) is 0 Å².